The van der Waals surface area contributed by atoms with Gasteiger partial charge in [0.15, 0.2) is 0 Å². The van der Waals surface area contributed by atoms with Crippen LogP contribution in [0.25, 0.3) is 0 Å². The molecule has 100 valence electrons. The van der Waals surface area contributed by atoms with Gasteiger partial charge >= 0.3 is 5.97 Å². The van der Waals surface area contributed by atoms with Crippen LogP contribution in [0.15, 0.2) is 24.3 Å². The molecule has 0 aliphatic carbocycles. The second kappa shape index (κ2) is 5.82. The molecule has 0 aromatic heterocycles. The van der Waals surface area contributed by atoms with E-state index in [9.17, 15) is 9.18 Å². The summed E-state index contributed by atoms with van der Waals surface area (Å²) in [7, 11) is 1.53. The maximum absolute atomic E-state index is 13.0. The molecule has 5 heteroatoms. The number of rotatable bonds is 6. The Balaban J connectivity index is 2.78. The topological polar surface area (TPSA) is 58.6 Å². The van der Waals surface area contributed by atoms with Crippen LogP contribution < -0.4 is 5.32 Å². The van der Waals surface area contributed by atoms with Crippen molar-refractivity contribution in [2.45, 2.75) is 31.9 Å². The Kier molecular flexibility index (Phi) is 4.67. The van der Waals surface area contributed by atoms with Crippen LogP contribution >= 0.6 is 0 Å². The van der Waals surface area contributed by atoms with Gasteiger partial charge in [-0.2, -0.15) is 0 Å². The summed E-state index contributed by atoms with van der Waals surface area (Å²) in [5.74, 6) is -1.40. The number of ether oxygens (including phenoxy) is 1. The third-order valence-corrected chi connectivity index (χ3v) is 2.71. The molecule has 0 aliphatic heterocycles. The molecule has 0 heterocycles. The number of carboxylic acids is 1. The van der Waals surface area contributed by atoms with Gasteiger partial charge in [0.2, 0.25) is 0 Å². The monoisotopic (exact) mass is 255 g/mol. The fourth-order valence-corrected chi connectivity index (χ4v) is 1.55. The molecule has 0 fully saturated rings. The van der Waals surface area contributed by atoms with Crippen molar-refractivity contribution < 1.29 is 19.0 Å². The molecule has 0 spiro atoms. The lowest BCUT2D eigenvalue weighted by Crippen LogP contribution is -2.38. The van der Waals surface area contributed by atoms with Gasteiger partial charge in [-0.05, 0) is 32.0 Å². The molecule has 0 aliphatic rings. The Labute approximate surface area is 106 Å². The molecular weight excluding hydrogens is 237 g/mol. The fourth-order valence-electron chi connectivity index (χ4n) is 1.55. The minimum atomic E-state index is -0.996. The van der Waals surface area contributed by atoms with E-state index in [4.69, 9.17) is 9.84 Å². The molecule has 1 atom stereocenters. The quantitative estimate of drug-likeness (QED) is 0.820. The Morgan fingerprint density at radius 1 is 1.56 bits per heavy atom. The molecule has 1 aromatic rings. The smallest absolute Gasteiger partial charge is 0.326 e. The Hall–Kier alpha value is -1.62. The van der Waals surface area contributed by atoms with Crippen molar-refractivity contribution >= 4 is 11.7 Å². The molecule has 18 heavy (non-hydrogen) atoms. The van der Waals surface area contributed by atoms with E-state index in [2.05, 4.69) is 5.32 Å². The van der Waals surface area contributed by atoms with Crippen molar-refractivity contribution in [3.05, 3.63) is 30.1 Å². The first-order valence-electron chi connectivity index (χ1n) is 5.64. The first-order valence-corrected chi connectivity index (χ1v) is 5.64. The molecular formula is C13H18FNO3. The lowest BCUT2D eigenvalue weighted by atomic mass is 9.98. The number of carboxylic acid groups (broad SMARTS) is 1. The Bertz CT molecular complexity index is 420. The van der Waals surface area contributed by atoms with E-state index in [1.807, 2.05) is 0 Å². The van der Waals surface area contributed by atoms with Crippen molar-refractivity contribution in [1.29, 1.82) is 0 Å². The zero-order valence-corrected chi connectivity index (χ0v) is 10.7. The van der Waals surface area contributed by atoms with E-state index < -0.39 is 23.4 Å². The Morgan fingerprint density at radius 3 is 2.72 bits per heavy atom. The SMILES string of the molecule is COC(C)(C)CC(Nc1cccc(F)c1)C(=O)O. The highest BCUT2D eigenvalue weighted by Gasteiger charge is 2.27. The second-order valence-electron chi connectivity index (χ2n) is 4.71. The zero-order chi connectivity index (χ0) is 13.8. The minimum Gasteiger partial charge on any atom is -0.480 e. The van der Waals surface area contributed by atoms with Crippen molar-refractivity contribution in [1.82, 2.24) is 0 Å². The molecule has 0 radical (unpaired) electrons. The van der Waals surface area contributed by atoms with Crippen molar-refractivity contribution in [3.8, 4) is 0 Å². The van der Waals surface area contributed by atoms with Gasteiger partial charge < -0.3 is 15.2 Å². The average Bonchev–Trinajstić information content (AvgIpc) is 2.28. The standard InChI is InChI=1S/C13H18FNO3/c1-13(2,18-3)8-11(12(16)17)15-10-6-4-5-9(14)7-10/h4-7,11,15H,8H2,1-3H3,(H,16,17). The van der Waals surface area contributed by atoms with Gasteiger partial charge in [-0.3, -0.25) is 0 Å². The lowest BCUT2D eigenvalue weighted by molar-refractivity contribution is -0.139. The Morgan fingerprint density at radius 2 is 2.22 bits per heavy atom. The molecule has 4 nitrogen and oxygen atoms in total. The van der Waals surface area contributed by atoms with E-state index >= 15 is 0 Å². The number of benzene rings is 1. The molecule has 1 unspecified atom stereocenters. The molecule has 0 saturated carbocycles. The summed E-state index contributed by atoms with van der Waals surface area (Å²) in [6.07, 6.45) is 0.273. The number of anilines is 1. The first kappa shape index (κ1) is 14.4. The van der Waals surface area contributed by atoms with Gasteiger partial charge in [-0.1, -0.05) is 6.07 Å². The van der Waals surface area contributed by atoms with Crippen LogP contribution in [0.4, 0.5) is 10.1 Å². The van der Waals surface area contributed by atoms with E-state index in [1.165, 1.54) is 25.3 Å². The number of hydrogen-bond donors (Lipinski definition) is 2. The minimum absolute atomic E-state index is 0.273. The normalized spacial score (nSPS) is 13.1. The van der Waals surface area contributed by atoms with Crippen LogP contribution in [-0.2, 0) is 9.53 Å². The second-order valence-corrected chi connectivity index (χ2v) is 4.71. The average molecular weight is 255 g/mol. The molecule has 0 bridgehead atoms. The van der Waals surface area contributed by atoms with Crippen LogP contribution in [0.5, 0.6) is 0 Å². The number of carbonyl (C=O) groups is 1. The highest BCUT2D eigenvalue weighted by molar-refractivity contribution is 5.77. The van der Waals surface area contributed by atoms with Gasteiger partial charge in [0, 0.05) is 19.2 Å². The summed E-state index contributed by atoms with van der Waals surface area (Å²) in [5, 5.41) is 11.9. The van der Waals surface area contributed by atoms with Crippen LogP contribution in [0, 0.1) is 5.82 Å². The van der Waals surface area contributed by atoms with E-state index in [0.29, 0.717) is 5.69 Å². The van der Waals surface area contributed by atoms with Crippen LogP contribution in [0.3, 0.4) is 0 Å². The first-order chi connectivity index (χ1) is 8.34. The molecule has 0 saturated heterocycles. The lowest BCUT2D eigenvalue weighted by Gasteiger charge is -2.27. The van der Waals surface area contributed by atoms with Gasteiger partial charge in [0.05, 0.1) is 5.60 Å². The van der Waals surface area contributed by atoms with Crippen LogP contribution in [-0.4, -0.2) is 29.8 Å². The van der Waals surface area contributed by atoms with Gasteiger partial charge in [0.25, 0.3) is 0 Å². The molecule has 0 amide bonds. The summed E-state index contributed by atoms with van der Waals surface area (Å²) >= 11 is 0. The van der Waals surface area contributed by atoms with Gasteiger partial charge in [-0.15, -0.1) is 0 Å². The van der Waals surface area contributed by atoms with Gasteiger partial charge in [0.1, 0.15) is 11.9 Å². The van der Waals surface area contributed by atoms with Gasteiger partial charge in [-0.25, -0.2) is 9.18 Å². The highest BCUT2D eigenvalue weighted by atomic mass is 19.1. The van der Waals surface area contributed by atoms with E-state index in [1.54, 1.807) is 19.9 Å². The fraction of sp³-hybridized carbons (Fsp3) is 0.462. The predicted octanol–water partition coefficient (Wildman–Crippen LogP) is 2.51. The summed E-state index contributed by atoms with van der Waals surface area (Å²) in [6, 6.07) is 4.88. The number of nitrogens with one attached hydrogen (secondary N) is 1. The maximum atomic E-state index is 13.0. The maximum Gasteiger partial charge on any atom is 0.326 e. The number of halogens is 1. The van der Waals surface area contributed by atoms with E-state index in [0.717, 1.165) is 0 Å². The predicted molar refractivity (Wildman–Crippen MR) is 67.2 cm³/mol. The van der Waals surface area contributed by atoms with Crippen molar-refractivity contribution in [3.63, 3.8) is 0 Å². The summed E-state index contributed by atoms with van der Waals surface area (Å²) in [5.41, 5.74) is -0.127. The van der Waals surface area contributed by atoms with Crippen LogP contribution in [0.1, 0.15) is 20.3 Å². The molecule has 2 N–H and O–H groups in total. The number of methoxy groups -OCH3 is 1. The third kappa shape index (κ3) is 4.33. The largest absolute Gasteiger partial charge is 0.480 e. The van der Waals surface area contributed by atoms with E-state index in [-0.39, 0.29) is 6.42 Å². The summed E-state index contributed by atoms with van der Waals surface area (Å²) in [4.78, 5) is 11.2. The summed E-state index contributed by atoms with van der Waals surface area (Å²) < 4.78 is 18.2. The highest BCUT2D eigenvalue weighted by Crippen LogP contribution is 2.19. The number of aliphatic carboxylic acids is 1. The van der Waals surface area contributed by atoms with Crippen LogP contribution in [0.2, 0.25) is 0 Å². The molecule has 1 rings (SSSR count). The zero-order valence-electron chi connectivity index (χ0n) is 10.7. The third-order valence-electron chi connectivity index (χ3n) is 2.71. The van der Waals surface area contributed by atoms with Crippen molar-refractivity contribution in [2.75, 3.05) is 12.4 Å². The van der Waals surface area contributed by atoms with Crippen molar-refractivity contribution in [2.24, 2.45) is 0 Å². The number of hydrogen-bond acceptors (Lipinski definition) is 3. The molecule has 1 aromatic carbocycles. The summed E-state index contributed by atoms with van der Waals surface area (Å²) in [6.45, 7) is 3.60.